The normalized spacial score (nSPS) is 47.9. The number of aliphatic hydroxyl groups excluding tert-OH is 1. The summed E-state index contributed by atoms with van der Waals surface area (Å²) >= 11 is 0. The van der Waals surface area contributed by atoms with E-state index in [9.17, 15) is 15.0 Å². The van der Waals surface area contributed by atoms with E-state index < -0.39 is 5.60 Å². The van der Waals surface area contributed by atoms with Crippen LogP contribution < -0.4 is 0 Å². The Balaban J connectivity index is 1.38. The number of carbonyl (C=O) groups excluding carboxylic acids is 1. The van der Waals surface area contributed by atoms with E-state index in [4.69, 9.17) is 0 Å². The predicted molar refractivity (Wildman–Crippen MR) is 112 cm³/mol. The Morgan fingerprint density at radius 2 is 1.80 bits per heavy atom. The van der Waals surface area contributed by atoms with Gasteiger partial charge in [0.25, 0.3) is 0 Å². The molecule has 1 unspecified atom stereocenters. The van der Waals surface area contributed by atoms with Crippen molar-refractivity contribution in [2.45, 2.75) is 83.8 Å². The van der Waals surface area contributed by atoms with Crippen molar-refractivity contribution >= 4 is 5.78 Å². The minimum atomic E-state index is -0.579. The monoisotopic (exact) mass is 415 g/mol. The number of nitrogens with zero attached hydrogens (tertiary/aromatic N) is 3. The summed E-state index contributed by atoms with van der Waals surface area (Å²) in [7, 11) is 0. The van der Waals surface area contributed by atoms with Crippen LogP contribution in [-0.4, -0.2) is 43.2 Å². The Bertz CT molecular complexity index is 794. The topological polar surface area (TPSA) is 88.2 Å². The van der Waals surface area contributed by atoms with Crippen LogP contribution in [-0.2, 0) is 11.3 Å². The Morgan fingerprint density at radius 1 is 1.03 bits per heavy atom. The first kappa shape index (κ1) is 20.6. The molecule has 6 nitrogen and oxygen atoms in total. The highest BCUT2D eigenvalue weighted by molar-refractivity contribution is 5.82. The third-order valence-electron chi connectivity index (χ3n) is 10.1. The molecule has 0 aliphatic heterocycles. The van der Waals surface area contributed by atoms with Crippen LogP contribution in [0.3, 0.4) is 0 Å². The molecule has 30 heavy (non-hydrogen) atoms. The van der Waals surface area contributed by atoms with E-state index >= 15 is 0 Å². The zero-order chi connectivity index (χ0) is 21.1. The molecule has 166 valence electrons. The van der Waals surface area contributed by atoms with Gasteiger partial charge in [-0.2, -0.15) is 15.0 Å². The van der Waals surface area contributed by atoms with E-state index in [2.05, 4.69) is 17.1 Å². The molecular weight excluding hydrogens is 378 g/mol. The van der Waals surface area contributed by atoms with Crippen molar-refractivity contribution in [1.82, 2.24) is 15.0 Å². The number of hydrogen-bond acceptors (Lipinski definition) is 5. The van der Waals surface area contributed by atoms with E-state index in [0.717, 1.165) is 51.4 Å². The molecule has 1 aromatic rings. The minimum Gasteiger partial charge on any atom is -0.396 e. The molecule has 5 rings (SSSR count). The molecule has 0 radical (unpaired) electrons. The fraction of sp³-hybridized carbons (Fsp3) is 0.875. The highest BCUT2D eigenvalue weighted by atomic mass is 16.3. The largest absolute Gasteiger partial charge is 0.396 e. The van der Waals surface area contributed by atoms with Crippen LogP contribution in [0.5, 0.6) is 0 Å². The molecule has 4 fully saturated rings. The second kappa shape index (κ2) is 7.13. The predicted octanol–water partition coefficient (Wildman–Crippen LogP) is 3.23. The first-order valence-corrected chi connectivity index (χ1v) is 12.0. The first-order valence-electron chi connectivity index (χ1n) is 12.0. The minimum absolute atomic E-state index is 0.0203. The van der Waals surface area contributed by atoms with Gasteiger partial charge in [-0.15, -0.1) is 0 Å². The third kappa shape index (κ3) is 3.01. The van der Waals surface area contributed by atoms with Gasteiger partial charge in [0.2, 0.25) is 0 Å². The number of aromatic nitrogens is 3. The van der Waals surface area contributed by atoms with Crippen LogP contribution in [0.25, 0.3) is 0 Å². The molecule has 0 spiro atoms. The van der Waals surface area contributed by atoms with Crippen molar-refractivity contribution in [2.24, 2.45) is 40.4 Å². The fourth-order valence-electron chi connectivity index (χ4n) is 8.65. The van der Waals surface area contributed by atoms with Gasteiger partial charge in [0.15, 0.2) is 5.78 Å². The summed E-state index contributed by atoms with van der Waals surface area (Å²) in [4.78, 5) is 14.7. The van der Waals surface area contributed by atoms with Gasteiger partial charge in [0.05, 0.1) is 18.0 Å². The summed E-state index contributed by atoms with van der Waals surface area (Å²) in [6.07, 6.45) is 12.4. The van der Waals surface area contributed by atoms with Crippen LogP contribution in [0.1, 0.15) is 71.6 Å². The van der Waals surface area contributed by atoms with Crippen LogP contribution >= 0.6 is 0 Å². The van der Waals surface area contributed by atoms with Gasteiger partial charge in [-0.3, -0.25) is 4.79 Å². The molecule has 1 aromatic heterocycles. The van der Waals surface area contributed by atoms with E-state index in [1.54, 1.807) is 12.4 Å². The highest BCUT2D eigenvalue weighted by Crippen LogP contribution is 2.68. The number of aliphatic hydroxyl groups is 2. The number of carbonyl (C=O) groups is 1. The molecule has 8 atom stereocenters. The third-order valence-corrected chi connectivity index (χ3v) is 10.1. The standard InChI is InChI=1S/C24H37N3O3/c1-22(30)9-10-24(15-28)16(13-22)3-4-17-18-5-6-20(23(18,2)8-7-19(17)24)21(29)14-27-25-11-12-26-27/h11-12,16-20,28,30H,3-10,13-15H2,1-2H3/t16-,17-,18-,19?,20+,22+,23-,24+/m0/s1. The summed E-state index contributed by atoms with van der Waals surface area (Å²) in [5.41, 5.74) is -0.534. The number of ketones is 1. The summed E-state index contributed by atoms with van der Waals surface area (Å²) in [6.45, 7) is 4.88. The summed E-state index contributed by atoms with van der Waals surface area (Å²) < 4.78 is 0. The number of rotatable bonds is 4. The van der Waals surface area contributed by atoms with Gasteiger partial charge in [-0.25, -0.2) is 0 Å². The molecule has 0 bridgehead atoms. The maximum Gasteiger partial charge on any atom is 0.159 e. The summed E-state index contributed by atoms with van der Waals surface area (Å²) in [5, 5.41) is 29.6. The van der Waals surface area contributed by atoms with E-state index in [1.807, 2.05) is 6.92 Å². The van der Waals surface area contributed by atoms with Gasteiger partial charge >= 0.3 is 0 Å². The highest BCUT2D eigenvalue weighted by Gasteiger charge is 2.62. The quantitative estimate of drug-likeness (QED) is 0.788. The maximum atomic E-state index is 13.2. The van der Waals surface area contributed by atoms with Crippen LogP contribution in [0.2, 0.25) is 0 Å². The number of hydrogen-bond donors (Lipinski definition) is 2. The smallest absolute Gasteiger partial charge is 0.159 e. The molecule has 2 N–H and O–H groups in total. The van der Waals surface area contributed by atoms with Crippen LogP contribution in [0.4, 0.5) is 0 Å². The van der Waals surface area contributed by atoms with Gasteiger partial charge in [0.1, 0.15) is 6.54 Å². The number of Topliss-reactive ketones (excluding diaryl/α,β-unsaturated/α-hetero) is 1. The molecule has 6 heteroatoms. The fourth-order valence-corrected chi connectivity index (χ4v) is 8.65. The van der Waals surface area contributed by atoms with Crippen molar-refractivity contribution in [3.63, 3.8) is 0 Å². The molecule has 0 aromatic carbocycles. The first-order chi connectivity index (χ1) is 14.3. The van der Waals surface area contributed by atoms with E-state index in [-0.39, 0.29) is 35.7 Å². The van der Waals surface area contributed by atoms with E-state index in [0.29, 0.717) is 23.7 Å². The molecule has 0 amide bonds. The molecule has 1 heterocycles. The molecule has 4 aliphatic rings. The van der Waals surface area contributed by atoms with Crippen molar-refractivity contribution in [2.75, 3.05) is 6.61 Å². The van der Waals surface area contributed by atoms with Crippen molar-refractivity contribution < 1.29 is 15.0 Å². The lowest BCUT2D eigenvalue weighted by atomic mass is 9.43. The Hall–Kier alpha value is -1.27. The van der Waals surface area contributed by atoms with E-state index in [1.165, 1.54) is 11.2 Å². The molecule has 4 aliphatic carbocycles. The molecule has 4 saturated carbocycles. The second-order valence-corrected chi connectivity index (χ2v) is 11.4. The van der Waals surface area contributed by atoms with Crippen molar-refractivity contribution in [3.05, 3.63) is 12.4 Å². The van der Waals surface area contributed by atoms with Crippen LogP contribution in [0.15, 0.2) is 12.4 Å². The lowest BCUT2D eigenvalue weighted by molar-refractivity contribution is -0.171. The second-order valence-electron chi connectivity index (χ2n) is 11.4. The van der Waals surface area contributed by atoms with Crippen molar-refractivity contribution in [1.29, 1.82) is 0 Å². The van der Waals surface area contributed by atoms with Crippen LogP contribution in [0, 0.1) is 40.4 Å². The molecule has 0 saturated heterocycles. The Morgan fingerprint density at radius 3 is 2.53 bits per heavy atom. The summed E-state index contributed by atoms with van der Waals surface area (Å²) in [5.74, 6) is 2.54. The molecular formula is C24H37N3O3. The Kier molecular flexibility index (Phi) is 4.90. The Labute approximate surface area is 179 Å². The zero-order valence-electron chi connectivity index (χ0n) is 18.5. The van der Waals surface area contributed by atoms with Gasteiger partial charge < -0.3 is 10.2 Å². The number of fused-ring (bicyclic) bond motifs is 5. The average Bonchev–Trinajstić information content (AvgIpc) is 3.34. The lowest BCUT2D eigenvalue weighted by Crippen LogP contribution is -2.58. The SMILES string of the molecule is C[C@@]1(O)CC[C@]2(CO)C3CC[C@]4(C)[C@@H](C(=O)Cn5nccn5)CC[C@H]4[C@@H]3CC[C@H]2C1. The zero-order valence-corrected chi connectivity index (χ0v) is 18.5. The lowest BCUT2D eigenvalue weighted by Gasteiger charge is -2.62. The summed E-state index contributed by atoms with van der Waals surface area (Å²) in [6, 6.07) is 0. The van der Waals surface area contributed by atoms with Gasteiger partial charge in [0, 0.05) is 12.5 Å². The van der Waals surface area contributed by atoms with Gasteiger partial charge in [-0.1, -0.05) is 6.92 Å². The van der Waals surface area contributed by atoms with Gasteiger partial charge in [-0.05, 0) is 99.2 Å². The maximum absolute atomic E-state index is 13.2. The average molecular weight is 416 g/mol. The van der Waals surface area contributed by atoms with Crippen molar-refractivity contribution in [3.8, 4) is 0 Å².